The van der Waals surface area contributed by atoms with Crippen molar-refractivity contribution in [1.82, 2.24) is 4.90 Å². The van der Waals surface area contributed by atoms with Gasteiger partial charge in [-0.3, -0.25) is 4.79 Å². The number of halogens is 3. The van der Waals surface area contributed by atoms with Crippen molar-refractivity contribution in [2.45, 2.75) is 31.2 Å². The van der Waals surface area contributed by atoms with Crippen LogP contribution in [0.4, 0.5) is 13.2 Å². The predicted octanol–water partition coefficient (Wildman–Crippen LogP) is 2.77. The molecule has 1 aromatic carbocycles. The summed E-state index contributed by atoms with van der Waals surface area (Å²) >= 11 is 0. The third kappa shape index (κ3) is 2.40. The summed E-state index contributed by atoms with van der Waals surface area (Å²) in [5.41, 5.74) is -0.465. The van der Waals surface area contributed by atoms with Gasteiger partial charge in [-0.25, -0.2) is 0 Å². The molecule has 3 rings (SSSR count). The zero-order valence-electron chi connectivity index (χ0n) is 10.7. The number of hydrogen-bond donors (Lipinski definition) is 0. The molecule has 2 aliphatic heterocycles. The lowest BCUT2D eigenvalue weighted by molar-refractivity contribution is -0.140. The van der Waals surface area contributed by atoms with Crippen molar-refractivity contribution in [3.8, 4) is 0 Å². The van der Waals surface area contributed by atoms with E-state index in [9.17, 15) is 18.0 Å². The summed E-state index contributed by atoms with van der Waals surface area (Å²) in [6.07, 6.45) is -3.57. The van der Waals surface area contributed by atoms with Gasteiger partial charge in [0.1, 0.15) is 0 Å². The van der Waals surface area contributed by atoms with Gasteiger partial charge >= 0.3 is 6.18 Å². The van der Waals surface area contributed by atoms with Gasteiger partial charge in [0.05, 0.1) is 18.2 Å². The predicted molar refractivity (Wildman–Crippen MR) is 64.9 cm³/mol. The maximum Gasteiger partial charge on any atom is 0.416 e. The molecule has 0 radical (unpaired) electrons. The number of epoxide rings is 1. The molecule has 1 aromatic rings. The zero-order valence-corrected chi connectivity index (χ0v) is 10.7. The smallest absolute Gasteiger partial charge is 0.363 e. The molecule has 0 aromatic heterocycles. The van der Waals surface area contributed by atoms with Gasteiger partial charge in [0.25, 0.3) is 5.91 Å². The van der Waals surface area contributed by atoms with Crippen LogP contribution in [0.15, 0.2) is 24.3 Å². The van der Waals surface area contributed by atoms with Crippen molar-refractivity contribution in [3.05, 3.63) is 35.4 Å². The molecule has 6 heteroatoms. The Hall–Kier alpha value is -1.56. The Balaban J connectivity index is 1.93. The summed E-state index contributed by atoms with van der Waals surface area (Å²) in [5, 5.41) is 0. The highest BCUT2D eigenvalue weighted by Gasteiger charge is 2.43. The SMILES string of the molecule is O=C(C1CO1)N1CCCC1c1ccccc1C(F)(F)F. The van der Waals surface area contributed by atoms with Gasteiger partial charge in [0, 0.05) is 6.54 Å². The molecule has 2 aliphatic rings. The second-order valence-electron chi connectivity index (χ2n) is 5.10. The van der Waals surface area contributed by atoms with E-state index < -0.39 is 23.9 Å². The van der Waals surface area contributed by atoms with E-state index in [2.05, 4.69) is 0 Å². The largest absolute Gasteiger partial charge is 0.416 e. The lowest BCUT2D eigenvalue weighted by atomic mass is 9.98. The maximum atomic E-state index is 13.1. The molecule has 2 unspecified atom stereocenters. The highest BCUT2D eigenvalue weighted by molar-refractivity contribution is 5.83. The number of carbonyl (C=O) groups excluding carboxylic acids is 1. The Bertz CT molecular complexity index is 525. The van der Waals surface area contributed by atoms with E-state index in [0.717, 1.165) is 12.5 Å². The van der Waals surface area contributed by atoms with Crippen LogP contribution in [0, 0.1) is 0 Å². The van der Waals surface area contributed by atoms with Gasteiger partial charge in [0.2, 0.25) is 0 Å². The monoisotopic (exact) mass is 285 g/mol. The fraction of sp³-hybridized carbons (Fsp3) is 0.500. The van der Waals surface area contributed by atoms with Gasteiger partial charge < -0.3 is 9.64 Å². The van der Waals surface area contributed by atoms with Crippen LogP contribution in [0.2, 0.25) is 0 Å². The topological polar surface area (TPSA) is 32.8 Å². The Kier molecular flexibility index (Phi) is 3.20. The number of hydrogen-bond acceptors (Lipinski definition) is 2. The Morgan fingerprint density at radius 2 is 2.00 bits per heavy atom. The number of carbonyl (C=O) groups is 1. The van der Waals surface area contributed by atoms with Crippen molar-refractivity contribution in [3.63, 3.8) is 0 Å². The van der Waals surface area contributed by atoms with Gasteiger partial charge in [-0.2, -0.15) is 13.2 Å². The van der Waals surface area contributed by atoms with Crippen molar-refractivity contribution in [2.75, 3.05) is 13.2 Å². The minimum Gasteiger partial charge on any atom is -0.363 e. The zero-order chi connectivity index (χ0) is 14.3. The molecule has 0 bridgehead atoms. The summed E-state index contributed by atoms with van der Waals surface area (Å²) in [7, 11) is 0. The number of alkyl halides is 3. The molecule has 108 valence electrons. The van der Waals surface area contributed by atoms with E-state index in [4.69, 9.17) is 4.74 Å². The first-order chi connectivity index (χ1) is 9.48. The molecule has 0 saturated carbocycles. The fourth-order valence-electron chi connectivity index (χ4n) is 2.78. The average molecular weight is 285 g/mol. The molecule has 0 spiro atoms. The van der Waals surface area contributed by atoms with Crippen molar-refractivity contribution in [2.24, 2.45) is 0 Å². The van der Waals surface area contributed by atoms with Crippen LogP contribution in [-0.4, -0.2) is 30.1 Å². The van der Waals surface area contributed by atoms with Crippen molar-refractivity contribution >= 4 is 5.91 Å². The molecular formula is C14H14F3NO2. The van der Waals surface area contributed by atoms with Gasteiger partial charge in [0.15, 0.2) is 6.10 Å². The summed E-state index contributed by atoms with van der Waals surface area (Å²) in [6, 6.07) is 5.00. The summed E-state index contributed by atoms with van der Waals surface area (Å²) in [5.74, 6) is -0.190. The summed E-state index contributed by atoms with van der Waals surface area (Å²) < 4.78 is 44.2. The second kappa shape index (κ2) is 4.77. The highest BCUT2D eigenvalue weighted by atomic mass is 19.4. The summed E-state index contributed by atoms with van der Waals surface area (Å²) in [6.45, 7) is 0.874. The molecular weight excluding hydrogens is 271 g/mol. The Labute approximate surface area is 114 Å². The molecule has 2 heterocycles. The molecule has 0 aliphatic carbocycles. The first-order valence-electron chi connectivity index (χ1n) is 6.56. The number of nitrogens with zero attached hydrogens (tertiary/aromatic N) is 1. The molecule has 1 amide bonds. The summed E-state index contributed by atoms with van der Waals surface area (Å²) in [4.78, 5) is 13.6. The van der Waals surface area contributed by atoms with Crippen LogP contribution in [0.3, 0.4) is 0 Å². The molecule has 2 atom stereocenters. The lowest BCUT2D eigenvalue weighted by Crippen LogP contribution is -2.34. The second-order valence-corrected chi connectivity index (χ2v) is 5.10. The van der Waals surface area contributed by atoms with E-state index in [1.165, 1.54) is 17.0 Å². The minimum absolute atomic E-state index is 0.187. The highest BCUT2D eigenvalue weighted by Crippen LogP contribution is 2.40. The fourth-order valence-corrected chi connectivity index (χ4v) is 2.78. The van der Waals surface area contributed by atoms with Crippen molar-refractivity contribution in [1.29, 1.82) is 0 Å². The van der Waals surface area contributed by atoms with Crippen LogP contribution in [0.1, 0.15) is 30.0 Å². The molecule has 20 heavy (non-hydrogen) atoms. The van der Waals surface area contributed by atoms with Crippen LogP contribution >= 0.6 is 0 Å². The molecule has 3 nitrogen and oxygen atoms in total. The maximum absolute atomic E-state index is 13.1. The van der Waals surface area contributed by atoms with Crippen molar-refractivity contribution < 1.29 is 22.7 Å². The van der Waals surface area contributed by atoms with E-state index in [0.29, 0.717) is 19.6 Å². The lowest BCUT2D eigenvalue weighted by Gasteiger charge is -2.26. The Morgan fingerprint density at radius 1 is 1.30 bits per heavy atom. The minimum atomic E-state index is -4.40. The van der Waals surface area contributed by atoms with Gasteiger partial charge in [-0.15, -0.1) is 0 Å². The first kappa shape index (κ1) is 13.4. The van der Waals surface area contributed by atoms with Crippen LogP contribution in [0.25, 0.3) is 0 Å². The number of ether oxygens (including phenoxy) is 1. The number of benzene rings is 1. The van der Waals surface area contributed by atoms with Gasteiger partial charge in [-0.1, -0.05) is 18.2 Å². The number of amides is 1. The molecule has 0 N–H and O–H groups in total. The third-order valence-electron chi connectivity index (χ3n) is 3.77. The number of rotatable bonds is 2. The van der Waals surface area contributed by atoms with Crippen LogP contribution in [-0.2, 0) is 15.7 Å². The standard InChI is InChI=1S/C14H14F3NO2/c15-14(16,17)10-5-2-1-4-9(10)11-6-3-7-18(11)13(19)12-8-20-12/h1-2,4-5,11-12H,3,6-8H2. The quantitative estimate of drug-likeness (QED) is 0.783. The normalized spacial score (nSPS) is 25.9. The van der Waals surface area contributed by atoms with Gasteiger partial charge in [-0.05, 0) is 24.5 Å². The van der Waals surface area contributed by atoms with Crippen LogP contribution in [0.5, 0.6) is 0 Å². The first-order valence-corrected chi connectivity index (χ1v) is 6.56. The molecule has 2 saturated heterocycles. The van der Waals surface area contributed by atoms with E-state index in [1.54, 1.807) is 6.07 Å². The average Bonchev–Trinajstić information content (AvgIpc) is 3.14. The Morgan fingerprint density at radius 3 is 2.65 bits per heavy atom. The van der Waals surface area contributed by atoms with E-state index >= 15 is 0 Å². The van der Waals surface area contributed by atoms with Crippen LogP contribution < -0.4 is 0 Å². The number of likely N-dealkylation sites (tertiary alicyclic amines) is 1. The van der Waals surface area contributed by atoms with E-state index in [1.807, 2.05) is 0 Å². The third-order valence-corrected chi connectivity index (χ3v) is 3.77. The molecule has 2 fully saturated rings. The van der Waals surface area contributed by atoms with E-state index in [-0.39, 0.29) is 11.5 Å².